The van der Waals surface area contributed by atoms with Crippen molar-refractivity contribution in [1.29, 1.82) is 0 Å². The lowest BCUT2D eigenvalue weighted by atomic mass is 10.2. The van der Waals surface area contributed by atoms with E-state index in [0.29, 0.717) is 25.7 Å². The minimum atomic E-state index is -0.662. The second-order valence-corrected chi connectivity index (χ2v) is 8.25. The largest absolute Gasteiger partial charge is 0.464 e. The van der Waals surface area contributed by atoms with Crippen LogP contribution in [0.25, 0.3) is 11.2 Å². The monoisotopic (exact) mass is 469 g/mol. The number of aromatic nitrogens is 4. The molecule has 0 aliphatic heterocycles. The highest BCUT2D eigenvalue weighted by Gasteiger charge is 2.23. The highest BCUT2D eigenvalue weighted by atomic mass is 16.5. The number of methoxy groups -OCH3 is 1. The van der Waals surface area contributed by atoms with Gasteiger partial charge >= 0.3 is 11.7 Å². The van der Waals surface area contributed by atoms with E-state index < -0.39 is 29.7 Å². The molecule has 0 atom stereocenters. The van der Waals surface area contributed by atoms with Crippen LogP contribution in [0, 0.1) is 5.92 Å². The number of hydrogen-bond donors (Lipinski definition) is 1. The Hall–Kier alpha value is -3.73. The zero-order valence-corrected chi connectivity index (χ0v) is 18.9. The molecule has 0 bridgehead atoms. The zero-order valence-electron chi connectivity index (χ0n) is 18.9. The van der Waals surface area contributed by atoms with Gasteiger partial charge in [0.15, 0.2) is 11.2 Å². The summed E-state index contributed by atoms with van der Waals surface area (Å²) in [4.78, 5) is 55.1. The SMILES string of the molecule is COCCn1cnc2c1c(=O)n(CC(=O)NCC(=O)OCC1CC1)c(=O)n2Cc1ccccc1. The Morgan fingerprint density at radius 1 is 1.15 bits per heavy atom. The average molecular weight is 469 g/mol. The molecule has 2 aromatic heterocycles. The number of benzene rings is 1. The fourth-order valence-corrected chi connectivity index (χ4v) is 3.56. The third-order valence-electron chi connectivity index (χ3n) is 5.61. The molecule has 180 valence electrons. The van der Waals surface area contributed by atoms with Gasteiger partial charge in [0.1, 0.15) is 13.1 Å². The average Bonchev–Trinajstić information content (AvgIpc) is 3.58. The van der Waals surface area contributed by atoms with Crippen molar-refractivity contribution in [1.82, 2.24) is 24.0 Å². The van der Waals surface area contributed by atoms with Crippen LogP contribution in [0.4, 0.5) is 0 Å². The molecule has 11 nitrogen and oxygen atoms in total. The summed E-state index contributed by atoms with van der Waals surface area (Å²) in [5.74, 6) is -0.783. The molecule has 0 spiro atoms. The Balaban J connectivity index is 1.61. The van der Waals surface area contributed by atoms with E-state index in [9.17, 15) is 19.2 Å². The lowest BCUT2D eigenvalue weighted by Gasteiger charge is -2.13. The minimum absolute atomic E-state index is 0.173. The number of esters is 1. The van der Waals surface area contributed by atoms with Crippen LogP contribution in [0.3, 0.4) is 0 Å². The van der Waals surface area contributed by atoms with Crippen molar-refractivity contribution >= 4 is 23.0 Å². The molecule has 11 heteroatoms. The predicted molar refractivity (Wildman–Crippen MR) is 122 cm³/mol. The van der Waals surface area contributed by atoms with Crippen LogP contribution in [0.2, 0.25) is 0 Å². The maximum absolute atomic E-state index is 13.3. The van der Waals surface area contributed by atoms with E-state index in [2.05, 4.69) is 10.3 Å². The first-order valence-corrected chi connectivity index (χ1v) is 11.1. The molecule has 1 N–H and O–H groups in total. The standard InChI is InChI=1S/C23H27N5O6/c1-33-10-9-26-15-25-21-20(26)22(31)28(23(32)27(21)12-16-5-3-2-4-6-16)13-18(29)24-11-19(30)34-14-17-7-8-17/h2-6,15,17H,7-14H2,1H3,(H,24,29). The second-order valence-electron chi connectivity index (χ2n) is 8.25. The molecule has 1 fully saturated rings. The quantitative estimate of drug-likeness (QED) is 0.395. The molecule has 1 aliphatic carbocycles. The Kier molecular flexibility index (Phi) is 7.21. The number of hydrogen-bond acceptors (Lipinski definition) is 7. The van der Waals surface area contributed by atoms with Gasteiger partial charge in [-0.3, -0.25) is 19.0 Å². The van der Waals surface area contributed by atoms with Gasteiger partial charge < -0.3 is 19.4 Å². The number of amides is 1. The summed E-state index contributed by atoms with van der Waals surface area (Å²) in [6.45, 7) is 0.352. The Morgan fingerprint density at radius 2 is 1.91 bits per heavy atom. The number of imidazole rings is 1. The van der Waals surface area contributed by atoms with Crippen molar-refractivity contribution in [2.45, 2.75) is 32.5 Å². The van der Waals surface area contributed by atoms with Gasteiger partial charge in [-0.1, -0.05) is 30.3 Å². The van der Waals surface area contributed by atoms with E-state index >= 15 is 0 Å². The van der Waals surface area contributed by atoms with Crippen molar-refractivity contribution in [2.24, 2.45) is 5.92 Å². The predicted octanol–water partition coefficient (Wildman–Crippen LogP) is 0.124. The number of rotatable bonds is 11. The van der Waals surface area contributed by atoms with Crippen LogP contribution in [-0.4, -0.2) is 57.4 Å². The van der Waals surface area contributed by atoms with Gasteiger partial charge in [-0.2, -0.15) is 0 Å². The summed E-state index contributed by atoms with van der Waals surface area (Å²) in [5, 5.41) is 2.43. The first-order valence-electron chi connectivity index (χ1n) is 11.1. The molecule has 0 saturated heterocycles. The van der Waals surface area contributed by atoms with Crippen molar-refractivity contribution in [3.05, 3.63) is 63.1 Å². The van der Waals surface area contributed by atoms with E-state index in [0.717, 1.165) is 23.0 Å². The van der Waals surface area contributed by atoms with Crippen LogP contribution in [-0.2, 0) is 38.7 Å². The van der Waals surface area contributed by atoms with Gasteiger partial charge in [-0.15, -0.1) is 0 Å². The molecular formula is C23H27N5O6. The van der Waals surface area contributed by atoms with Gasteiger partial charge in [-0.25, -0.2) is 14.3 Å². The molecule has 1 aliphatic rings. The maximum atomic E-state index is 13.3. The number of carbonyl (C=O) groups excluding carboxylic acids is 2. The van der Waals surface area contributed by atoms with Gasteiger partial charge in [-0.05, 0) is 24.3 Å². The van der Waals surface area contributed by atoms with Crippen LogP contribution in [0.5, 0.6) is 0 Å². The van der Waals surface area contributed by atoms with Crippen LogP contribution < -0.4 is 16.6 Å². The number of nitrogens with zero attached hydrogens (tertiary/aromatic N) is 4. The Morgan fingerprint density at radius 3 is 2.62 bits per heavy atom. The second kappa shape index (κ2) is 10.5. The van der Waals surface area contributed by atoms with Crippen molar-refractivity contribution in [3.8, 4) is 0 Å². The van der Waals surface area contributed by atoms with E-state index in [-0.39, 0.29) is 24.3 Å². The van der Waals surface area contributed by atoms with E-state index in [4.69, 9.17) is 9.47 Å². The zero-order chi connectivity index (χ0) is 24.1. The number of nitrogens with one attached hydrogen (secondary N) is 1. The fourth-order valence-electron chi connectivity index (χ4n) is 3.56. The number of carbonyl (C=O) groups is 2. The number of ether oxygens (including phenoxy) is 2. The Bertz CT molecular complexity index is 1290. The van der Waals surface area contributed by atoms with Gasteiger partial charge in [0.05, 0.1) is 26.1 Å². The van der Waals surface area contributed by atoms with Gasteiger partial charge in [0.25, 0.3) is 5.56 Å². The topological polar surface area (TPSA) is 126 Å². The van der Waals surface area contributed by atoms with Crippen LogP contribution in [0.1, 0.15) is 18.4 Å². The minimum Gasteiger partial charge on any atom is -0.464 e. The Labute approximate surface area is 194 Å². The van der Waals surface area contributed by atoms with Crippen LogP contribution >= 0.6 is 0 Å². The summed E-state index contributed by atoms with van der Waals surface area (Å²) in [6.07, 6.45) is 3.56. The summed E-state index contributed by atoms with van der Waals surface area (Å²) in [6, 6.07) is 9.27. The molecule has 1 aromatic carbocycles. The molecule has 1 amide bonds. The summed E-state index contributed by atoms with van der Waals surface area (Å²) in [7, 11) is 1.54. The molecule has 1 saturated carbocycles. The lowest BCUT2D eigenvalue weighted by Crippen LogP contribution is -2.45. The maximum Gasteiger partial charge on any atom is 0.333 e. The summed E-state index contributed by atoms with van der Waals surface area (Å²) in [5.41, 5.74) is -0.0286. The smallest absolute Gasteiger partial charge is 0.333 e. The molecule has 0 radical (unpaired) electrons. The van der Waals surface area contributed by atoms with Gasteiger partial charge in [0.2, 0.25) is 5.91 Å². The first kappa shape index (κ1) is 23.4. The molecule has 0 unspecified atom stereocenters. The third kappa shape index (κ3) is 5.42. The molecule has 2 heterocycles. The summed E-state index contributed by atoms with van der Waals surface area (Å²) >= 11 is 0. The fraction of sp³-hybridized carbons (Fsp3) is 0.435. The highest BCUT2D eigenvalue weighted by molar-refractivity contribution is 5.82. The van der Waals surface area contributed by atoms with Crippen molar-refractivity contribution < 1.29 is 19.1 Å². The van der Waals surface area contributed by atoms with Crippen molar-refractivity contribution in [3.63, 3.8) is 0 Å². The number of fused-ring (bicyclic) bond motifs is 1. The summed E-state index contributed by atoms with van der Waals surface area (Å²) < 4.78 is 14.0. The first-order chi connectivity index (χ1) is 16.5. The highest BCUT2D eigenvalue weighted by Crippen LogP contribution is 2.28. The van der Waals surface area contributed by atoms with Crippen LogP contribution in [0.15, 0.2) is 46.2 Å². The molecule has 3 aromatic rings. The lowest BCUT2D eigenvalue weighted by molar-refractivity contribution is -0.144. The van der Waals surface area contributed by atoms with Gasteiger partial charge in [0, 0.05) is 13.7 Å². The molecular weight excluding hydrogens is 442 g/mol. The van der Waals surface area contributed by atoms with E-state index in [1.54, 1.807) is 11.7 Å². The molecule has 4 rings (SSSR count). The third-order valence-corrected chi connectivity index (χ3v) is 5.61. The van der Waals surface area contributed by atoms with E-state index in [1.165, 1.54) is 10.9 Å². The van der Waals surface area contributed by atoms with E-state index in [1.807, 2.05) is 30.3 Å². The molecule has 34 heavy (non-hydrogen) atoms. The van der Waals surface area contributed by atoms with Crippen molar-refractivity contribution in [2.75, 3.05) is 26.9 Å². The normalized spacial score (nSPS) is 13.2.